The fourth-order valence-electron chi connectivity index (χ4n) is 1.77. The second kappa shape index (κ2) is 5.66. The first-order valence-corrected chi connectivity index (χ1v) is 5.17. The van der Waals surface area contributed by atoms with E-state index in [0.717, 1.165) is 25.7 Å². The molecule has 78 valence electrons. The molecule has 0 aliphatic heterocycles. The first-order chi connectivity index (χ1) is 6.74. The number of hydrogen-bond donors (Lipinski definition) is 2. The molecule has 2 unspecified atom stereocenters. The van der Waals surface area contributed by atoms with Crippen molar-refractivity contribution in [2.45, 2.75) is 38.6 Å². The smallest absolute Gasteiger partial charge is 0.223 e. The van der Waals surface area contributed by atoms with Gasteiger partial charge in [-0.1, -0.05) is 0 Å². The molecule has 0 radical (unpaired) electrons. The lowest BCUT2D eigenvalue weighted by molar-refractivity contribution is -0.124. The second-order valence-electron chi connectivity index (χ2n) is 3.74. The molecule has 1 amide bonds. The number of rotatable bonds is 3. The molecule has 0 saturated heterocycles. The summed E-state index contributed by atoms with van der Waals surface area (Å²) in [7, 11) is 0. The average Bonchev–Trinajstić information content (AvgIpc) is 2.59. The number of nitrogens with one attached hydrogen (secondary N) is 1. The summed E-state index contributed by atoms with van der Waals surface area (Å²) in [6.45, 7) is 2.46. The molecular weight excluding hydrogens is 176 g/mol. The lowest BCUT2D eigenvalue weighted by Crippen LogP contribution is -2.31. The number of carbonyl (C=O) groups excluding carboxylic acids is 1. The van der Waals surface area contributed by atoms with Gasteiger partial charge in [0.15, 0.2) is 0 Å². The normalized spacial score (nSPS) is 25.3. The van der Waals surface area contributed by atoms with E-state index in [1.807, 2.05) is 0 Å². The maximum absolute atomic E-state index is 11.5. The third kappa shape index (κ3) is 3.39. The van der Waals surface area contributed by atoms with E-state index in [4.69, 9.17) is 5.73 Å². The summed E-state index contributed by atoms with van der Waals surface area (Å²) in [6.07, 6.45) is 3.49. The standard InChI is InChI=1S/C11H18N2O/c1-2-3-4-7-13-11(14)9-5-6-10(12)8-9/h9-10H,4-8,12H2,1H3,(H,13,14). The number of carbonyl (C=O) groups is 1. The van der Waals surface area contributed by atoms with Gasteiger partial charge in [0.05, 0.1) is 0 Å². The molecule has 0 aromatic carbocycles. The highest BCUT2D eigenvalue weighted by Gasteiger charge is 2.27. The van der Waals surface area contributed by atoms with Crippen molar-refractivity contribution >= 4 is 5.91 Å². The molecule has 3 heteroatoms. The van der Waals surface area contributed by atoms with Gasteiger partial charge in [0.25, 0.3) is 0 Å². The van der Waals surface area contributed by atoms with Gasteiger partial charge in [0, 0.05) is 24.9 Å². The van der Waals surface area contributed by atoms with E-state index >= 15 is 0 Å². The van der Waals surface area contributed by atoms with Gasteiger partial charge in [-0.25, -0.2) is 0 Å². The molecule has 1 aliphatic rings. The summed E-state index contributed by atoms with van der Waals surface area (Å²) in [4.78, 5) is 11.5. The van der Waals surface area contributed by atoms with E-state index in [1.54, 1.807) is 6.92 Å². The van der Waals surface area contributed by atoms with E-state index in [0.29, 0.717) is 6.54 Å². The summed E-state index contributed by atoms with van der Waals surface area (Å²) < 4.78 is 0. The highest BCUT2D eigenvalue weighted by atomic mass is 16.1. The van der Waals surface area contributed by atoms with Crippen LogP contribution in [0.4, 0.5) is 0 Å². The SMILES string of the molecule is CC#CCCNC(=O)C1CCC(N)C1. The summed E-state index contributed by atoms with van der Waals surface area (Å²) in [5.74, 6) is 6.00. The van der Waals surface area contributed by atoms with Crippen LogP contribution in [0.3, 0.4) is 0 Å². The molecule has 3 nitrogen and oxygen atoms in total. The Labute approximate surface area is 85.4 Å². The van der Waals surface area contributed by atoms with Gasteiger partial charge in [-0.3, -0.25) is 4.79 Å². The second-order valence-corrected chi connectivity index (χ2v) is 3.74. The Kier molecular flexibility index (Phi) is 4.48. The summed E-state index contributed by atoms with van der Waals surface area (Å²) in [5, 5.41) is 2.88. The van der Waals surface area contributed by atoms with Crippen LogP contribution >= 0.6 is 0 Å². The van der Waals surface area contributed by atoms with Gasteiger partial charge >= 0.3 is 0 Å². The zero-order valence-corrected chi connectivity index (χ0v) is 8.68. The molecule has 0 bridgehead atoms. The fraction of sp³-hybridized carbons (Fsp3) is 0.727. The van der Waals surface area contributed by atoms with Gasteiger partial charge in [-0.05, 0) is 26.2 Å². The number of amides is 1. The summed E-state index contributed by atoms with van der Waals surface area (Å²) >= 11 is 0. The predicted octanol–water partition coefficient (Wildman–Crippen LogP) is 0.643. The molecular formula is C11H18N2O. The van der Waals surface area contributed by atoms with Gasteiger partial charge in [0.2, 0.25) is 5.91 Å². The van der Waals surface area contributed by atoms with Gasteiger partial charge < -0.3 is 11.1 Å². The van der Waals surface area contributed by atoms with Crippen LogP contribution in [0, 0.1) is 17.8 Å². The quantitative estimate of drug-likeness (QED) is 0.512. The minimum Gasteiger partial charge on any atom is -0.355 e. The third-order valence-electron chi connectivity index (χ3n) is 2.57. The number of nitrogens with two attached hydrogens (primary N) is 1. The molecule has 0 aromatic rings. The maximum atomic E-state index is 11.5. The van der Waals surface area contributed by atoms with Crippen LogP contribution in [0.1, 0.15) is 32.6 Å². The minimum absolute atomic E-state index is 0.139. The lowest BCUT2D eigenvalue weighted by atomic mass is 10.1. The molecule has 1 rings (SSSR count). The topological polar surface area (TPSA) is 55.1 Å². The number of hydrogen-bond acceptors (Lipinski definition) is 2. The monoisotopic (exact) mass is 194 g/mol. The van der Waals surface area contributed by atoms with E-state index in [9.17, 15) is 4.79 Å². The maximum Gasteiger partial charge on any atom is 0.223 e. The summed E-state index contributed by atoms with van der Waals surface area (Å²) in [6, 6.07) is 0.223. The van der Waals surface area contributed by atoms with E-state index < -0.39 is 0 Å². The van der Waals surface area contributed by atoms with Crippen molar-refractivity contribution in [3.05, 3.63) is 0 Å². The van der Waals surface area contributed by atoms with E-state index in [-0.39, 0.29) is 17.9 Å². The highest BCUT2D eigenvalue weighted by molar-refractivity contribution is 5.78. The molecule has 0 aromatic heterocycles. The van der Waals surface area contributed by atoms with Crippen molar-refractivity contribution in [3.8, 4) is 11.8 Å². The van der Waals surface area contributed by atoms with E-state index in [2.05, 4.69) is 17.2 Å². The lowest BCUT2D eigenvalue weighted by Gasteiger charge is -2.09. The van der Waals surface area contributed by atoms with Crippen molar-refractivity contribution in [3.63, 3.8) is 0 Å². The average molecular weight is 194 g/mol. The van der Waals surface area contributed by atoms with Crippen molar-refractivity contribution in [2.75, 3.05) is 6.54 Å². The van der Waals surface area contributed by atoms with Crippen molar-refractivity contribution in [2.24, 2.45) is 11.7 Å². The van der Waals surface area contributed by atoms with Gasteiger partial charge in [-0.15, -0.1) is 11.8 Å². The van der Waals surface area contributed by atoms with Crippen LogP contribution in [0.25, 0.3) is 0 Å². The first-order valence-electron chi connectivity index (χ1n) is 5.17. The molecule has 1 aliphatic carbocycles. The van der Waals surface area contributed by atoms with Gasteiger partial charge in [-0.2, -0.15) is 0 Å². The largest absolute Gasteiger partial charge is 0.355 e. The fourth-order valence-corrected chi connectivity index (χ4v) is 1.77. The molecule has 3 N–H and O–H groups in total. The Bertz CT molecular complexity index is 252. The minimum atomic E-state index is 0.139. The molecule has 2 atom stereocenters. The molecule has 1 fully saturated rings. The summed E-state index contributed by atoms with van der Waals surface area (Å²) in [5.41, 5.74) is 5.74. The molecule has 14 heavy (non-hydrogen) atoms. The van der Waals surface area contributed by atoms with Crippen LogP contribution < -0.4 is 11.1 Å². The van der Waals surface area contributed by atoms with Crippen molar-refractivity contribution in [1.29, 1.82) is 0 Å². The Hall–Kier alpha value is -1.01. The zero-order chi connectivity index (χ0) is 10.4. The third-order valence-corrected chi connectivity index (χ3v) is 2.57. The van der Waals surface area contributed by atoms with Crippen LogP contribution in [0.15, 0.2) is 0 Å². The van der Waals surface area contributed by atoms with Crippen molar-refractivity contribution in [1.82, 2.24) is 5.32 Å². The Morgan fingerprint density at radius 2 is 2.36 bits per heavy atom. The zero-order valence-electron chi connectivity index (χ0n) is 8.68. The Morgan fingerprint density at radius 3 is 2.93 bits per heavy atom. The highest BCUT2D eigenvalue weighted by Crippen LogP contribution is 2.23. The Balaban J connectivity index is 2.17. The van der Waals surface area contributed by atoms with Crippen LogP contribution in [0.5, 0.6) is 0 Å². The van der Waals surface area contributed by atoms with Crippen molar-refractivity contribution < 1.29 is 4.79 Å². The van der Waals surface area contributed by atoms with E-state index in [1.165, 1.54) is 0 Å². The van der Waals surface area contributed by atoms with Crippen LogP contribution in [-0.2, 0) is 4.79 Å². The van der Waals surface area contributed by atoms with Gasteiger partial charge in [0.1, 0.15) is 0 Å². The Morgan fingerprint density at radius 1 is 1.57 bits per heavy atom. The predicted molar refractivity (Wildman–Crippen MR) is 56.4 cm³/mol. The first kappa shape index (κ1) is 11.1. The van der Waals surface area contributed by atoms with Crippen LogP contribution in [-0.4, -0.2) is 18.5 Å². The molecule has 1 saturated carbocycles. The van der Waals surface area contributed by atoms with Crippen LogP contribution in [0.2, 0.25) is 0 Å². The molecule has 0 heterocycles. The molecule has 0 spiro atoms.